The number of nitrogens with one attached hydrogen (secondary N) is 2. The Morgan fingerprint density at radius 2 is 2.00 bits per heavy atom. The zero-order valence-electron chi connectivity index (χ0n) is 10.8. The van der Waals surface area contributed by atoms with Crippen LogP contribution < -0.4 is 10.6 Å². The molecule has 0 aliphatic rings. The minimum atomic E-state index is 0.0886. The highest BCUT2D eigenvalue weighted by molar-refractivity contribution is 5.17. The summed E-state index contributed by atoms with van der Waals surface area (Å²) < 4.78 is 5.46. The second kappa shape index (κ2) is 5.30. The van der Waals surface area contributed by atoms with Gasteiger partial charge < -0.3 is 15.1 Å². The van der Waals surface area contributed by atoms with E-state index >= 15 is 0 Å². The van der Waals surface area contributed by atoms with Gasteiger partial charge in [-0.1, -0.05) is 25.9 Å². The van der Waals surface area contributed by atoms with Crippen LogP contribution in [-0.4, -0.2) is 23.8 Å². The van der Waals surface area contributed by atoms with Crippen LogP contribution in [0.15, 0.2) is 4.42 Å². The average molecular weight is 226 g/mol. The summed E-state index contributed by atoms with van der Waals surface area (Å²) in [5.74, 6) is 0.612. The van der Waals surface area contributed by atoms with E-state index in [0.717, 1.165) is 13.0 Å². The molecule has 0 aliphatic carbocycles. The third-order valence-electron chi connectivity index (χ3n) is 2.40. The molecule has 0 saturated heterocycles. The largest absolute Gasteiger partial charge is 0.406 e. The molecule has 1 aromatic heterocycles. The molecule has 0 aliphatic heterocycles. The van der Waals surface area contributed by atoms with Gasteiger partial charge >= 0.3 is 6.01 Å². The van der Waals surface area contributed by atoms with E-state index in [1.807, 2.05) is 14.0 Å². The highest BCUT2D eigenvalue weighted by Gasteiger charge is 2.13. The molecule has 16 heavy (non-hydrogen) atoms. The first-order chi connectivity index (χ1) is 7.42. The first-order valence-corrected chi connectivity index (χ1v) is 5.67. The third kappa shape index (κ3) is 4.18. The number of rotatable bonds is 5. The molecule has 5 nitrogen and oxygen atoms in total. The highest BCUT2D eigenvalue weighted by atomic mass is 16.4. The van der Waals surface area contributed by atoms with Crippen molar-refractivity contribution in [1.82, 2.24) is 15.5 Å². The third-order valence-corrected chi connectivity index (χ3v) is 2.40. The Morgan fingerprint density at radius 3 is 2.56 bits per heavy atom. The predicted octanol–water partition coefficient (Wildman–Crippen LogP) is 2.20. The van der Waals surface area contributed by atoms with Crippen molar-refractivity contribution in [1.29, 1.82) is 0 Å². The van der Waals surface area contributed by atoms with Crippen LogP contribution in [-0.2, 0) is 0 Å². The number of hydrogen-bond acceptors (Lipinski definition) is 5. The van der Waals surface area contributed by atoms with E-state index in [9.17, 15) is 0 Å². The van der Waals surface area contributed by atoms with Gasteiger partial charge in [0.1, 0.15) is 0 Å². The molecule has 0 spiro atoms. The van der Waals surface area contributed by atoms with E-state index in [-0.39, 0.29) is 6.04 Å². The van der Waals surface area contributed by atoms with E-state index in [1.165, 1.54) is 0 Å². The standard InChI is InChI=1S/C11H22N4O/c1-8(12-5)9-14-15-10(16-9)13-7-6-11(2,3)4/h8,12H,6-7H2,1-5H3,(H,13,15). The first-order valence-electron chi connectivity index (χ1n) is 5.67. The van der Waals surface area contributed by atoms with Crippen molar-refractivity contribution in [2.75, 3.05) is 18.9 Å². The van der Waals surface area contributed by atoms with E-state index in [1.54, 1.807) is 0 Å². The highest BCUT2D eigenvalue weighted by Crippen LogP contribution is 2.19. The van der Waals surface area contributed by atoms with Crippen LogP contribution in [0.1, 0.15) is 46.0 Å². The SMILES string of the molecule is CNC(C)c1nnc(NCCC(C)(C)C)o1. The lowest BCUT2D eigenvalue weighted by atomic mass is 9.92. The zero-order valence-corrected chi connectivity index (χ0v) is 10.8. The molecule has 0 aromatic carbocycles. The summed E-state index contributed by atoms with van der Waals surface area (Å²) in [6.45, 7) is 9.44. The Kier molecular flexibility index (Phi) is 4.29. The minimum Gasteiger partial charge on any atom is -0.406 e. The van der Waals surface area contributed by atoms with Gasteiger partial charge in [-0.2, -0.15) is 0 Å². The van der Waals surface area contributed by atoms with Gasteiger partial charge in [-0.05, 0) is 25.8 Å². The molecular weight excluding hydrogens is 204 g/mol. The topological polar surface area (TPSA) is 63.0 Å². The smallest absolute Gasteiger partial charge is 0.315 e. The van der Waals surface area contributed by atoms with E-state index in [0.29, 0.717) is 17.3 Å². The first kappa shape index (κ1) is 13.0. The van der Waals surface area contributed by atoms with E-state index < -0.39 is 0 Å². The van der Waals surface area contributed by atoms with Gasteiger partial charge in [-0.25, -0.2) is 0 Å². The molecule has 0 saturated carbocycles. The van der Waals surface area contributed by atoms with Crippen LogP contribution in [0.5, 0.6) is 0 Å². The molecular formula is C11H22N4O. The monoisotopic (exact) mass is 226 g/mol. The van der Waals surface area contributed by atoms with Gasteiger partial charge in [0, 0.05) is 6.54 Å². The maximum absolute atomic E-state index is 5.46. The van der Waals surface area contributed by atoms with Crippen molar-refractivity contribution in [3.63, 3.8) is 0 Å². The Hall–Kier alpha value is -1.10. The number of hydrogen-bond donors (Lipinski definition) is 2. The van der Waals surface area contributed by atoms with Crippen LogP contribution >= 0.6 is 0 Å². The van der Waals surface area contributed by atoms with Crippen LogP contribution in [0.25, 0.3) is 0 Å². The molecule has 0 bridgehead atoms. The molecule has 1 unspecified atom stereocenters. The summed E-state index contributed by atoms with van der Waals surface area (Å²) in [7, 11) is 1.86. The summed E-state index contributed by atoms with van der Waals surface area (Å²) in [4.78, 5) is 0. The van der Waals surface area contributed by atoms with Crippen molar-refractivity contribution < 1.29 is 4.42 Å². The summed E-state index contributed by atoms with van der Waals surface area (Å²) in [5, 5.41) is 14.1. The molecule has 1 rings (SSSR count). The van der Waals surface area contributed by atoms with E-state index in [2.05, 4.69) is 41.6 Å². The van der Waals surface area contributed by atoms with Crippen molar-refractivity contribution in [3.05, 3.63) is 5.89 Å². The second-order valence-corrected chi connectivity index (χ2v) is 5.19. The Balaban J connectivity index is 2.41. The molecule has 1 heterocycles. The van der Waals surface area contributed by atoms with Crippen molar-refractivity contribution >= 4 is 6.01 Å². The number of anilines is 1. The Labute approximate surface area is 97.0 Å². The van der Waals surface area contributed by atoms with Gasteiger partial charge in [-0.3, -0.25) is 0 Å². The van der Waals surface area contributed by atoms with Gasteiger partial charge in [-0.15, -0.1) is 5.10 Å². The van der Waals surface area contributed by atoms with Gasteiger partial charge in [0.15, 0.2) is 0 Å². The molecule has 5 heteroatoms. The quantitative estimate of drug-likeness (QED) is 0.806. The Morgan fingerprint density at radius 1 is 1.31 bits per heavy atom. The fourth-order valence-corrected chi connectivity index (χ4v) is 1.15. The normalized spacial score (nSPS) is 13.8. The molecule has 1 aromatic rings. The summed E-state index contributed by atoms with van der Waals surface area (Å²) in [6.07, 6.45) is 1.06. The van der Waals surface area contributed by atoms with Crippen LogP contribution in [0, 0.1) is 5.41 Å². The summed E-state index contributed by atoms with van der Waals surface area (Å²) in [5.41, 5.74) is 0.314. The lowest BCUT2D eigenvalue weighted by molar-refractivity contribution is 0.385. The summed E-state index contributed by atoms with van der Waals surface area (Å²) >= 11 is 0. The van der Waals surface area contributed by atoms with Crippen LogP contribution in [0.4, 0.5) is 6.01 Å². The molecule has 2 N–H and O–H groups in total. The van der Waals surface area contributed by atoms with Gasteiger partial charge in [0.05, 0.1) is 6.04 Å². The zero-order chi connectivity index (χ0) is 12.2. The van der Waals surface area contributed by atoms with Gasteiger partial charge in [0.2, 0.25) is 5.89 Å². The van der Waals surface area contributed by atoms with Crippen LogP contribution in [0.2, 0.25) is 0 Å². The molecule has 1 atom stereocenters. The maximum Gasteiger partial charge on any atom is 0.315 e. The van der Waals surface area contributed by atoms with E-state index in [4.69, 9.17) is 4.42 Å². The molecule has 0 amide bonds. The van der Waals surface area contributed by atoms with Crippen molar-refractivity contribution in [3.8, 4) is 0 Å². The molecule has 0 radical (unpaired) electrons. The summed E-state index contributed by atoms with van der Waals surface area (Å²) in [6, 6.07) is 0.590. The van der Waals surface area contributed by atoms with Gasteiger partial charge in [0.25, 0.3) is 0 Å². The number of aromatic nitrogens is 2. The lowest BCUT2D eigenvalue weighted by Crippen LogP contribution is -2.13. The fourth-order valence-electron chi connectivity index (χ4n) is 1.15. The second-order valence-electron chi connectivity index (χ2n) is 5.19. The predicted molar refractivity (Wildman–Crippen MR) is 64.3 cm³/mol. The van der Waals surface area contributed by atoms with Crippen LogP contribution in [0.3, 0.4) is 0 Å². The molecule has 92 valence electrons. The van der Waals surface area contributed by atoms with Crippen molar-refractivity contribution in [2.24, 2.45) is 5.41 Å². The average Bonchev–Trinajstić information content (AvgIpc) is 2.63. The number of nitrogens with zero attached hydrogens (tertiary/aromatic N) is 2. The molecule has 0 fully saturated rings. The minimum absolute atomic E-state index is 0.0886. The Bertz CT molecular complexity index is 316. The fraction of sp³-hybridized carbons (Fsp3) is 0.818. The van der Waals surface area contributed by atoms with Crippen molar-refractivity contribution in [2.45, 2.75) is 40.2 Å². The maximum atomic E-state index is 5.46. The lowest BCUT2D eigenvalue weighted by Gasteiger charge is -2.17.